The van der Waals surface area contributed by atoms with Gasteiger partial charge in [-0.15, -0.1) is 0 Å². The topological polar surface area (TPSA) is 114 Å². The Balaban J connectivity index is 1.92. The van der Waals surface area contributed by atoms with Crippen LogP contribution in [0.4, 0.5) is 0 Å². The molecule has 1 aliphatic heterocycles. The Bertz CT molecular complexity index is 1000. The second kappa shape index (κ2) is 7.20. The van der Waals surface area contributed by atoms with Crippen LogP contribution in [0.25, 0.3) is 0 Å². The van der Waals surface area contributed by atoms with Crippen molar-refractivity contribution in [3.8, 4) is 11.5 Å². The SMILES string of the molecule is COc1cccc(C2OC(N)=C(OS(=O)(=O)c3ccccc3)C2=O)c1OC. The number of methoxy groups -OCH3 is 2. The van der Waals surface area contributed by atoms with Gasteiger partial charge in [0.1, 0.15) is 4.90 Å². The molecule has 1 aliphatic rings. The molecular weight excluding hydrogens is 374 g/mol. The highest BCUT2D eigenvalue weighted by atomic mass is 32.2. The van der Waals surface area contributed by atoms with Crippen LogP contribution >= 0.6 is 0 Å². The summed E-state index contributed by atoms with van der Waals surface area (Å²) in [6.45, 7) is 0. The number of ketones is 1. The van der Waals surface area contributed by atoms with Gasteiger partial charge in [-0.2, -0.15) is 8.42 Å². The molecule has 2 aromatic carbocycles. The maximum atomic E-state index is 12.7. The van der Waals surface area contributed by atoms with Gasteiger partial charge in [-0.1, -0.05) is 30.3 Å². The lowest BCUT2D eigenvalue weighted by Crippen LogP contribution is -2.16. The number of hydrogen-bond donors (Lipinski definition) is 1. The molecule has 0 aliphatic carbocycles. The van der Waals surface area contributed by atoms with Crippen molar-refractivity contribution < 1.29 is 31.6 Å². The van der Waals surface area contributed by atoms with E-state index in [0.717, 1.165) is 0 Å². The van der Waals surface area contributed by atoms with Gasteiger partial charge in [0.25, 0.3) is 0 Å². The molecule has 2 N–H and O–H groups in total. The number of benzene rings is 2. The summed E-state index contributed by atoms with van der Waals surface area (Å²) >= 11 is 0. The zero-order valence-electron chi connectivity index (χ0n) is 14.5. The fourth-order valence-corrected chi connectivity index (χ4v) is 3.60. The molecule has 1 heterocycles. The average Bonchev–Trinajstić information content (AvgIpc) is 2.95. The van der Waals surface area contributed by atoms with E-state index in [-0.39, 0.29) is 10.6 Å². The third-order valence-corrected chi connectivity index (χ3v) is 5.11. The fraction of sp³-hybridized carbons (Fsp3) is 0.167. The first kappa shape index (κ1) is 18.6. The quantitative estimate of drug-likeness (QED) is 0.743. The molecule has 0 amide bonds. The zero-order valence-corrected chi connectivity index (χ0v) is 15.4. The van der Waals surface area contributed by atoms with E-state index in [0.29, 0.717) is 11.3 Å². The van der Waals surface area contributed by atoms with Crippen molar-refractivity contribution in [2.75, 3.05) is 14.2 Å². The third-order valence-electron chi connectivity index (χ3n) is 3.87. The summed E-state index contributed by atoms with van der Waals surface area (Å²) in [5.41, 5.74) is 6.05. The first-order chi connectivity index (χ1) is 12.9. The molecule has 0 spiro atoms. The van der Waals surface area contributed by atoms with Crippen molar-refractivity contribution in [1.82, 2.24) is 0 Å². The molecule has 2 aromatic rings. The number of carbonyl (C=O) groups excluding carboxylic acids is 1. The van der Waals surface area contributed by atoms with Gasteiger partial charge in [0.05, 0.1) is 14.2 Å². The van der Waals surface area contributed by atoms with Crippen LogP contribution < -0.4 is 15.2 Å². The van der Waals surface area contributed by atoms with E-state index in [1.807, 2.05) is 0 Å². The minimum Gasteiger partial charge on any atom is -0.493 e. The van der Waals surface area contributed by atoms with E-state index in [1.54, 1.807) is 24.3 Å². The summed E-state index contributed by atoms with van der Waals surface area (Å²) in [5.74, 6) is -1.07. The van der Waals surface area contributed by atoms with Gasteiger partial charge >= 0.3 is 10.1 Å². The van der Waals surface area contributed by atoms with Crippen molar-refractivity contribution in [3.63, 3.8) is 0 Å². The number of ether oxygens (including phenoxy) is 3. The lowest BCUT2D eigenvalue weighted by molar-refractivity contribution is -0.123. The van der Waals surface area contributed by atoms with Gasteiger partial charge in [0, 0.05) is 5.56 Å². The van der Waals surface area contributed by atoms with Gasteiger partial charge in [-0.25, -0.2) is 0 Å². The van der Waals surface area contributed by atoms with Crippen LogP contribution in [-0.2, 0) is 23.8 Å². The van der Waals surface area contributed by atoms with Gasteiger partial charge in [0.2, 0.25) is 17.4 Å². The molecule has 0 aromatic heterocycles. The Labute approximate surface area is 156 Å². The predicted molar refractivity (Wildman–Crippen MR) is 94.3 cm³/mol. The highest BCUT2D eigenvalue weighted by Gasteiger charge is 2.41. The second-order valence-corrected chi connectivity index (χ2v) is 7.04. The maximum absolute atomic E-state index is 12.7. The molecule has 27 heavy (non-hydrogen) atoms. The van der Waals surface area contributed by atoms with Crippen molar-refractivity contribution in [3.05, 3.63) is 65.7 Å². The number of rotatable bonds is 6. The van der Waals surface area contributed by atoms with Crippen molar-refractivity contribution >= 4 is 15.9 Å². The lowest BCUT2D eigenvalue weighted by Gasteiger charge is -2.16. The minimum atomic E-state index is -4.24. The van der Waals surface area contributed by atoms with Gasteiger partial charge in [-0.3, -0.25) is 4.79 Å². The Morgan fingerprint density at radius 3 is 2.33 bits per heavy atom. The number of carbonyl (C=O) groups is 1. The van der Waals surface area contributed by atoms with Gasteiger partial charge < -0.3 is 24.1 Å². The number of nitrogens with two attached hydrogens (primary N) is 1. The normalized spacial score (nSPS) is 16.8. The first-order valence-corrected chi connectivity index (χ1v) is 9.21. The molecule has 3 rings (SSSR count). The van der Waals surface area contributed by atoms with Crippen LogP contribution in [0.15, 0.2) is 65.1 Å². The Morgan fingerprint density at radius 2 is 1.70 bits per heavy atom. The monoisotopic (exact) mass is 391 g/mol. The molecule has 0 bridgehead atoms. The molecule has 142 valence electrons. The minimum absolute atomic E-state index is 0.111. The van der Waals surface area contributed by atoms with E-state index < -0.39 is 33.6 Å². The lowest BCUT2D eigenvalue weighted by atomic mass is 10.0. The summed E-state index contributed by atoms with van der Waals surface area (Å²) in [4.78, 5) is 12.6. The molecule has 1 atom stereocenters. The maximum Gasteiger partial charge on any atom is 0.339 e. The van der Waals surface area contributed by atoms with Crippen molar-refractivity contribution in [2.24, 2.45) is 5.73 Å². The zero-order chi connectivity index (χ0) is 19.6. The van der Waals surface area contributed by atoms with E-state index in [1.165, 1.54) is 38.5 Å². The third kappa shape index (κ3) is 3.41. The van der Waals surface area contributed by atoms with E-state index >= 15 is 0 Å². The Kier molecular flexibility index (Phi) is 4.95. The van der Waals surface area contributed by atoms with Crippen LogP contribution in [0.5, 0.6) is 11.5 Å². The number of para-hydroxylation sites is 1. The molecule has 1 unspecified atom stereocenters. The number of Topliss-reactive ketones (excluding diaryl/α,β-unsaturated/α-hetero) is 1. The summed E-state index contributed by atoms with van der Waals surface area (Å²) in [7, 11) is -1.38. The standard InChI is InChI=1S/C18H17NO7S/c1-23-13-10-6-9-12(15(13)24-2)16-14(20)17(18(19)25-16)26-27(21,22)11-7-4-3-5-8-11/h3-10,16H,19H2,1-2H3. The van der Waals surface area contributed by atoms with Gasteiger partial charge in [-0.05, 0) is 18.2 Å². The Hall–Kier alpha value is -3.20. The molecule has 8 nitrogen and oxygen atoms in total. The Morgan fingerprint density at radius 1 is 1.00 bits per heavy atom. The summed E-state index contributed by atoms with van der Waals surface area (Å²) in [6.07, 6.45) is -1.21. The van der Waals surface area contributed by atoms with Crippen LogP contribution in [-0.4, -0.2) is 28.4 Å². The average molecular weight is 391 g/mol. The largest absolute Gasteiger partial charge is 0.493 e. The fourth-order valence-electron chi connectivity index (χ4n) is 2.62. The molecule has 9 heteroatoms. The molecule has 0 saturated carbocycles. The van der Waals surface area contributed by atoms with E-state index in [2.05, 4.69) is 0 Å². The smallest absolute Gasteiger partial charge is 0.339 e. The highest BCUT2D eigenvalue weighted by molar-refractivity contribution is 7.86. The molecule has 0 saturated heterocycles. The predicted octanol–water partition coefficient (Wildman–Crippen LogP) is 1.88. The van der Waals surface area contributed by atoms with E-state index in [4.69, 9.17) is 24.1 Å². The summed E-state index contributed by atoms with van der Waals surface area (Å²) in [6, 6.07) is 12.3. The highest BCUT2D eigenvalue weighted by Crippen LogP contribution is 2.41. The molecule has 0 radical (unpaired) electrons. The number of hydrogen-bond acceptors (Lipinski definition) is 8. The second-order valence-electron chi connectivity index (χ2n) is 5.49. The summed E-state index contributed by atoms with van der Waals surface area (Å²) in [5, 5.41) is 0. The van der Waals surface area contributed by atoms with Crippen LogP contribution in [0, 0.1) is 0 Å². The van der Waals surface area contributed by atoms with Crippen LogP contribution in [0.1, 0.15) is 11.7 Å². The first-order valence-electron chi connectivity index (χ1n) is 7.80. The van der Waals surface area contributed by atoms with Gasteiger partial charge in [0.15, 0.2) is 17.6 Å². The van der Waals surface area contributed by atoms with Crippen LogP contribution in [0.3, 0.4) is 0 Å². The van der Waals surface area contributed by atoms with Crippen LogP contribution in [0.2, 0.25) is 0 Å². The van der Waals surface area contributed by atoms with Crippen molar-refractivity contribution in [1.29, 1.82) is 0 Å². The van der Waals surface area contributed by atoms with Crippen molar-refractivity contribution in [2.45, 2.75) is 11.0 Å². The molecule has 0 fully saturated rings. The molecular formula is C18H17NO7S. The van der Waals surface area contributed by atoms with E-state index in [9.17, 15) is 13.2 Å². The summed E-state index contributed by atoms with van der Waals surface area (Å²) < 4.78 is 45.6.